The van der Waals surface area contributed by atoms with E-state index in [1.807, 2.05) is 0 Å². The van der Waals surface area contributed by atoms with Gasteiger partial charge in [-0.3, -0.25) is 4.79 Å². The van der Waals surface area contributed by atoms with Crippen molar-refractivity contribution in [2.24, 2.45) is 11.3 Å². The van der Waals surface area contributed by atoms with Crippen molar-refractivity contribution >= 4 is 5.91 Å². The monoisotopic (exact) mass is 281 g/mol. The normalized spacial score (nSPS) is 32.2. The van der Waals surface area contributed by atoms with Gasteiger partial charge in [-0.2, -0.15) is 0 Å². The molecule has 20 heavy (non-hydrogen) atoms. The summed E-state index contributed by atoms with van der Waals surface area (Å²) in [6.07, 6.45) is 8.08. The topological polar surface area (TPSA) is 29.5 Å². The lowest BCUT2D eigenvalue weighted by Gasteiger charge is -2.45. The molecule has 0 radical (unpaired) electrons. The molecule has 0 N–H and O–H groups in total. The minimum absolute atomic E-state index is 0.194. The number of nitrogens with zero attached hydrogens (tertiary/aromatic N) is 1. The van der Waals surface area contributed by atoms with Gasteiger partial charge >= 0.3 is 0 Å². The average Bonchev–Trinajstić information content (AvgIpc) is 2.46. The number of hydrogen-bond acceptors (Lipinski definition) is 2. The lowest BCUT2D eigenvalue weighted by molar-refractivity contribution is -0.144. The van der Waals surface area contributed by atoms with E-state index in [1.54, 1.807) is 7.11 Å². The number of carbonyl (C=O) groups is 1. The predicted molar refractivity (Wildman–Crippen MR) is 81.6 cm³/mol. The summed E-state index contributed by atoms with van der Waals surface area (Å²) in [6, 6.07) is 0.420. The highest BCUT2D eigenvalue weighted by Gasteiger charge is 2.38. The maximum Gasteiger partial charge on any atom is 0.225 e. The zero-order valence-corrected chi connectivity index (χ0v) is 13.7. The highest BCUT2D eigenvalue weighted by Crippen LogP contribution is 2.35. The Balaban J connectivity index is 2.00. The van der Waals surface area contributed by atoms with Crippen LogP contribution in [0, 0.1) is 11.3 Å². The van der Waals surface area contributed by atoms with E-state index in [4.69, 9.17) is 4.74 Å². The van der Waals surface area contributed by atoms with Crippen LogP contribution in [0.25, 0.3) is 0 Å². The maximum atomic E-state index is 12.9. The molecule has 0 spiro atoms. The minimum Gasteiger partial charge on any atom is -0.381 e. The van der Waals surface area contributed by atoms with E-state index in [9.17, 15) is 4.79 Å². The van der Waals surface area contributed by atoms with E-state index in [1.165, 1.54) is 19.3 Å². The second-order valence-electron chi connectivity index (χ2n) is 7.62. The van der Waals surface area contributed by atoms with Gasteiger partial charge in [0.2, 0.25) is 5.91 Å². The third-order valence-corrected chi connectivity index (χ3v) is 5.14. The number of ether oxygens (including phenoxy) is 1. The summed E-state index contributed by atoms with van der Waals surface area (Å²) in [5, 5.41) is 0. The first-order chi connectivity index (χ1) is 9.43. The van der Waals surface area contributed by atoms with Gasteiger partial charge in [0.05, 0.1) is 6.10 Å². The third-order valence-electron chi connectivity index (χ3n) is 5.14. The van der Waals surface area contributed by atoms with Crippen LogP contribution >= 0.6 is 0 Å². The second-order valence-corrected chi connectivity index (χ2v) is 7.62. The van der Waals surface area contributed by atoms with E-state index < -0.39 is 0 Å². The van der Waals surface area contributed by atoms with Crippen molar-refractivity contribution in [1.29, 1.82) is 0 Å². The molecule has 1 saturated heterocycles. The summed E-state index contributed by atoms with van der Waals surface area (Å²) in [5.74, 6) is 0.656. The Morgan fingerprint density at radius 3 is 2.25 bits per heavy atom. The van der Waals surface area contributed by atoms with Gasteiger partial charge in [-0.1, -0.05) is 20.8 Å². The number of hydrogen-bond donors (Lipinski definition) is 0. The van der Waals surface area contributed by atoms with Crippen LogP contribution in [0.4, 0.5) is 0 Å². The summed E-state index contributed by atoms with van der Waals surface area (Å²) in [7, 11) is 1.78. The van der Waals surface area contributed by atoms with Gasteiger partial charge in [-0.25, -0.2) is 0 Å². The molecule has 116 valence electrons. The molecule has 0 aromatic carbocycles. The van der Waals surface area contributed by atoms with Crippen molar-refractivity contribution in [2.45, 2.75) is 77.9 Å². The van der Waals surface area contributed by atoms with Crippen LogP contribution in [0.3, 0.4) is 0 Å². The second kappa shape index (κ2) is 6.46. The average molecular weight is 281 g/mol. The lowest BCUT2D eigenvalue weighted by Crippen LogP contribution is -2.52. The van der Waals surface area contributed by atoms with Gasteiger partial charge < -0.3 is 9.64 Å². The quantitative estimate of drug-likeness (QED) is 0.773. The molecule has 1 heterocycles. The highest BCUT2D eigenvalue weighted by molar-refractivity contribution is 5.79. The number of piperidine rings is 1. The fraction of sp³-hybridized carbons (Fsp3) is 0.941. The van der Waals surface area contributed by atoms with Crippen LogP contribution < -0.4 is 0 Å². The Morgan fingerprint density at radius 1 is 1.05 bits per heavy atom. The molecule has 1 atom stereocenters. The predicted octanol–water partition coefficient (Wildman–Crippen LogP) is 3.62. The van der Waals surface area contributed by atoms with Crippen molar-refractivity contribution < 1.29 is 9.53 Å². The van der Waals surface area contributed by atoms with Crippen LogP contribution in [0.1, 0.15) is 65.7 Å². The van der Waals surface area contributed by atoms with Gasteiger partial charge in [0.15, 0.2) is 0 Å². The Labute approximate surface area is 124 Å². The smallest absolute Gasteiger partial charge is 0.225 e. The molecule has 3 heteroatoms. The van der Waals surface area contributed by atoms with Crippen molar-refractivity contribution in [3.63, 3.8) is 0 Å². The van der Waals surface area contributed by atoms with Crippen LogP contribution in [0.15, 0.2) is 0 Å². The van der Waals surface area contributed by atoms with Crippen LogP contribution in [0.2, 0.25) is 0 Å². The van der Waals surface area contributed by atoms with E-state index in [0.717, 1.165) is 32.2 Å². The standard InChI is InChI=1S/C17H31NO2/c1-17(2,3)15-7-5-6-12-18(15)16(19)13-8-10-14(20-4)11-9-13/h13-15H,5-12H2,1-4H3. The van der Waals surface area contributed by atoms with Gasteiger partial charge in [0.1, 0.15) is 0 Å². The van der Waals surface area contributed by atoms with Crippen LogP contribution in [-0.4, -0.2) is 36.6 Å². The SMILES string of the molecule is COC1CCC(C(=O)N2CCCCC2C(C)(C)C)CC1. The van der Waals surface area contributed by atoms with E-state index in [2.05, 4.69) is 25.7 Å². The molecule has 0 bridgehead atoms. The fourth-order valence-corrected chi connectivity index (χ4v) is 3.88. The molecule has 2 fully saturated rings. The highest BCUT2D eigenvalue weighted by atomic mass is 16.5. The zero-order chi connectivity index (χ0) is 14.8. The van der Waals surface area contributed by atoms with Gasteiger partial charge in [0, 0.05) is 25.6 Å². The molecule has 1 aliphatic carbocycles. The molecule has 2 rings (SSSR count). The van der Waals surface area contributed by atoms with E-state index in [-0.39, 0.29) is 11.3 Å². The molecule has 2 aliphatic rings. The molecule has 0 aromatic heterocycles. The molecular formula is C17H31NO2. The van der Waals surface area contributed by atoms with Crippen molar-refractivity contribution in [3.8, 4) is 0 Å². The third kappa shape index (κ3) is 3.55. The summed E-state index contributed by atoms with van der Waals surface area (Å²) < 4.78 is 5.42. The summed E-state index contributed by atoms with van der Waals surface area (Å²) in [5.41, 5.74) is 0.194. The first-order valence-electron chi connectivity index (χ1n) is 8.26. The number of likely N-dealkylation sites (tertiary alicyclic amines) is 1. The Kier molecular flexibility index (Phi) is 5.11. The summed E-state index contributed by atoms with van der Waals surface area (Å²) >= 11 is 0. The van der Waals surface area contributed by atoms with Crippen LogP contribution in [0.5, 0.6) is 0 Å². The number of methoxy groups -OCH3 is 1. The Morgan fingerprint density at radius 2 is 1.70 bits per heavy atom. The lowest BCUT2D eigenvalue weighted by atomic mass is 9.79. The molecule has 1 aliphatic heterocycles. The Hall–Kier alpha value is -0.570. The van der Waals surface area contributed by atoms with Gasteiger partial charge in [-0.05, 0) is 50.4 Å². The molecule has 1 unspecified atom stereocenters. The maximum absolute atomic E-state index is 12.9. The first-order valence-corrected chi connectivity index (χ1v) is 8.26. The number of carbonyl (C=O) groups excluding carboxylic acids is 1. The van der Waals surface area contributed by atoms with E-state index >= 15 is 0 Å². The largest absolute Gasteiger partial charge is 0.381 e. The van der Waals surface area contributed by atoms with Crippen LogP contribution in [-0.2, 0) is 9.53 Å². The molecule has 1 saturated carbocycles. The van der Waals surface area contributed by atoms with Crippen molar-refractivity contribution in [1.82, 2.24) is 4.90 Å². The number of amides is 1. The summed E-state index contributed by atoms with van der Waals surface area (Å²) in [4.78, 5) is 15.1. The van der Waals surface area contributed by atoms with Gasteiger partial charge in [0.25, 0.3) is 0 Å². The minimum atomic E-state index is 0.194. The first kappa shape index (κ1) is 15.8. The molecule has 1 amide bonds. The summed E-state index contributed by atoms with van der Waals surface area (Å²) in [6.45, 7) is 7.77. The Bertz CT molecular complexity index is 326. The fourth-order valence-electron chi connectivity index (χ4n) is 3.88. The molecule has 0 aromatic rings. The van der Waals surface area contributed by atoms with Gasteiger partial charge in [-0.15, -0.1) is 0 Å². The zero-order valence-electron chi connectivity index (χ0n) is 13.7. The molecular weight excluding hydrogens is 250 g/mol. The number of rotatable bonds is 2. The molecule has 3 nitrogen and oxygen atoms in total. The van der Waals surface area contributed by atoms with Crippen molar-refractivity contribution in [2.75, 3.05) is 13.7 Å². The van der Waals surface area contributed by atoms with E-state index in [0.29, 0.717) is 18.1 Å². The van der Waals surface area contributed by atoms with Crippen molar-refractivity contribution in [3.05, 3.63) is 0 Å².